The Bertz CT molecular complexity index is 847. The van der Waals surface area contributed by atoms with Gasteiger partial charge in [-0.1, -0.05) is 13.8 Å². The number of fused-ring (bicyclic) bond motifs is 1. The Labute approximate surface area is 146 Å². The summed E-state index contributed by atoms with van der Waals surface area (Å²) in [6.45, 7) is 4.09. The fourth-order valence-electron chi connectivity index (χ4n) is 2.89. The van der Waals surface area contributed by atoms with Gasteiger partial charge in [-0.05, 0) is 47.7 Å². The Morgan fingerprint density at radius 1 is 1.16 bits per heavy atom. The first-order valence-electron chi connectivity index (χ1n) is 8.11. The Balaban J connectivity index is 2.63. The van der Waals surface area contributed by atoms with Gasteiger partial charge in [0.2, 0.25) is 0 Å². The highest BCUT2D eigenvalue weighted by atomic mass is 31.2. The van der Waals surface area contributed by atoms with Crippen LogP contribution in [0.4, 0.5) is 0 Å². The number of hydrogen-bond acceptors (Lipinski definition) is 4. The topological polar surface area (TPSA) is 134 Å². The number of carboxylic acid groups (broad SMARTS) is 1. The molecule has 2 rings (SSSR count). The van der Waals surface area contributed by atoms with Gasteiger partial charge in [-0.15, -0.1) is 0 Å². The van der Waals surface area contributed by atoms with Crippen molar-refractivity contribution in [1.29, 1.82) is 0 Å². The number of carbonyl (C=O) groups is 1. The summed E-state index contributed by atoms with van der Waals surface area (Å²) in [7, 11) is -4.32. The minimum atomic E-state index is -4.32. The second-order valence-electron chi connectivity index (χ2n) is 6.09. The molecule has 0 radical (unpaired) electrons. The molecule has 0 fully saturated rings. The van der Waals surface area contributed by atoms with Crippen LogP contribution in [0.2, 0.25) is 0 Å². The molecule has 1 heterocycles. The van der Waals surface area contributed by atoms with Crippen LogP contribution in [0.25, 0.3) is 10.9 Å². The maximum absolute atomic E-state index is 11.5. The molecule has 0 amide bonds. The van der Waals surface area contributed by atoms with E-state index < -0.39 is 25.8 Å². The lowest BCUT2D eigenvalue weighted by molar-refractivity contribution is -0.138. The lowest BCUT2D eigenvalue weighted by atomic mass is 9.98. The molecule has 1 atom stereocenters. The molecule has 5 N–H and O–H groups in total. The molecule has 0 aliphatic heterocycles. The summed E-state index contributed by atoms with van der Waals surface area (Å²) in [6.07, 6.45) is 1.11. The lowest BCUT2D eigenvalue weighted by Gasteiger charge is -2.15. The van der Waals surface area contributed by atoms with Gasteiger partial charge in [0.05, 0.1) is 11.7 Å². The van der Waals surface area contributed by atoms with Crippen molar-refractivity contribution in [3.8, 4) is 0 Å². The second-order valence-corrected chi connectivity index (χ2v) is 7.73. The van der Waals surface area contributed by atoms with Gasteiger partial charge in [0, 0.05) is 17.5 Å². The van der Waals surface area contributed by atoms with Gasteiger partial charge in [-0.2, -0.15) is 0 Å². The third kappa shape index (κ3) is 4.86. The van der Waals surface area contributed by atoms with Gasteiger partial charge in [-0.25, -0.2) is 0 Å². The number of carboxylic acids is 1. The number of hydrogen-bond donors (Lipinski definition) is 4. The zero-order valence-corrected chi connectivity index (χ0v) is 15.2. The van der Waals surface area contributed by atoms with Crippen molar-refractivity contribution in [2.24, 2.45) is 5.73 Å². The number of benzene rings is 1. The fraction of sp³-hybridized carbons (Fsp3) is 0.412. The molecule has 25 heavy (non-hydrogen) atoms. The van der Waals surface area contributed by atoms with Crippen LogP contribution in [0.5, 0.6) is 0 Å². The highest BCUT2D eigenvalue weighted by molar-refractivity contribution is 7.50. The van der Waals surface area contributed by atoms with E-state index in [4.69, 9.17) is 10.8 Å². The van der Waals surface area contributed by atoms with Gasteiger partial charge in [0.15, 0.2) is 0 Å². The van der Waals surface area contributed by atoms with Crippen LogP contribution < -0.4 is 5.73 Å². The Hall–Kier alpha value is -1.79. The number of aromatic nitrogens is 1. The summed E-state index contributed by atoms with van der Waals surface area (Å²) < 4.78 is 11.5. The molecule has 1 aromatic heterocycles. The average Bonchev–Trinajstić information content (AvgIpc) is 2.52. The summed E-state index contributed by atoms with van der Waals surface area (Å²) in [6, 6.07) is 4.43. The molecule has 0 aliphatic rings. The third-order valence-corrected chi connectivity index (χ3v) is 4.93. The van der Waals surface area contributed by atoms with E-state index in [-0.39, 0.29) is 6.42 Å². The van der Waals surface area contributed by atoms with Crippen molar-refractivity contribution >= 4 is 24.5 Å². The summed E-state index contributed by atoms with van der Waals surface area (Å²) in [5, 5.41) is 9.81. The molecule has 2 aromatic rings. The number of nitrogens with two attached hydrogens (primary N) is 1. The van der Waals surface area contributed by atoms with Crippen LogP contribution >= 0.6 is 7.60 Å². The molecule has 7 nitrogen and oxygen atoms in total. The van der Waals surface area contributed by atoms with Gasteiger partial charge >= 0.3 is 13.6 Å². The van der Waals surface area contributed by atoms with Crippen molar-refractivity contribution in [3.63, 3.8) is 0 Å². The van der Waals surface area contributed by atoms with E-state index in [1.54, 1.807) is 6.07 Å². The molecule has 0 bridgehead atoms. The standard InChI is InChI=1S/C17H23N2O5P/c1-3-10-5-12-6-13(9-25(22,23)24)16(8-14(18)17(20)21)19-15(12)7-11(10)4-2/h5-7,14H,3-4,8-9,18H2,1-2H3,(H,20,21)(H2,22,23,24)/t14-/m1/s1. The van der Waals surface area contributed by atoms with Gasteiger partial charge in [0.1, 0.15) is 6.04 Å². The van der Waals surface area contributed by atoms with Crippen LogP contribution in [0.1, 0.15) is 36.2 Å². The van der Waals surface area contributed by atoms with E-state index in [1.807, 2.05) is 26.0 Å². The van der Waals surface area contributed by atoms with Crippen LogP contribution in [-0.4, -0.2) is 31.9 Å². The predicted octanol–water partition coefficient (Wildman–Crippen LogP) is 1.99. The maximum Gasteiger partial charge on any atom is 0.329 e. The lowest BCUT2D eigenvalue weighted by Crippen LogP contribution is -2.33. The van der Waals surface area contributed by atoms with Crippen LogP contribution in [0.3, 0.4) is 0 Å². The monoisotopic (exact) mass is 366 g/mol. The smallest absolute Gasteiger partial charge is 0.329 e. The minimum Gasteiger partial charge on any atom is -0.480 e. The Morgan fingerprint density at radius 3 is 2.24 bits per heavy atom. The number of nitrogens with zero attached hydrogens (tertiary/aromatic N) is 1. The highest BCUT2D eigenvalue weighted by Crippen LogP contribution is 2.40. The van der Waals surface area contributed by atoms with E-state index >= 15 is 0 Å². The summed E-state index contributed by atoms with van der Waals surface area (Å²) in [4.78, 5) is 34.2. The van der Waals surface area contributed by atoms with E-state index in [1.165, 1.54) is 0 Å². The highest BCUT2D eigenvalue weighted by Gasteiger charge is 2.22. The predicted molar refractivity (Wildman–Crippen MR) is 95.6 cm³/mol. The first kappa shape index (κ1) is 19.5. The minimum absolute atomic E-state index is 0.0857. The van der Waals surface area contributed by atoms with Crippen molar-refractivity contribution in [3.05, 3.63) is 40.6 Å². The Morgan fingerprint density at radius 2 is 1.72 bits per heavy atom. The molecule has 0 unspecified atom stereocenters. The van der Waals surface area contributed by atoms with Crippen LogP contribution in [0.15, 0.2) is 18.2 Å². The van der Waals surface area contributed by atoms with Crippen molar-refractivity contribution < 1.29 is 24.3 Å². The van der Waals surface area contributed by atoms with Crippen LogP contribution in [0, 0.1) is 0 Å². The molecule has 0 aliphatic carbocycles. The van der Waals surface area contributed by atoms with E-state index in [2.05, 4.69) is 4.98 Å². The van der Waals surface area contributed by atoms with Gasteiger partial charge in [0.25, 0.3) is 0 Å². The number of aryl methyl sites for hydroxylation is 2. The molecule has 0 spiro atoms. The maximum atomic E-state index is 11.5. The first-order chi connectivity index (χ1) is 11.6. The largest absolute Gasteiger partial charge is 0.480 e. The third-order valence-electron chi connectivity index (χ3n) is 4.17. The second kappa shape index (κ2) is 7.62. The molecule has 8 heteroatoms. The molecule has 1 aromatic carbocycles. The molecule has 0 saturated heterocycles. The van der Waals surface area contributed by atoms with E-state index in [9.17, 15) is 19.1 Å². The van der Waals surface area contributed by atoms with Crippen molar-refractivity contribution in [2.45, 2.75) is 45.3 Å². The molecular weight excluding hydrogens is 343 g/mol. The number of pyridine rings is 1. The van der Waals surface area contributed by atoms with Gasteiger partial charge in [-0.3, -0.25) is 14.3 Å². The summed E-state index contributed by atoms with van der Waals surface area (Å²) in [5.74, 6) is -1.18. The summed E-state index contributed by atoms with van der Waals surface area (Å²) >= 11 is 0. The van der Waals surface area contributed by atoms with Crippen molar-refractivity contribution in [2.75, 3.05) is 0 Å². The first-order valence-corrected chi connectivity index (χ1v) is 9.91. The number of aliphatic carboxylic acids is 1. The zero-order valence-electron chi connectivity index (χ0n) is 14.3. The quantitative estimate of drug-likeness (QED) is 0.551. The van der Waals surface area contributed by atoms with Crippen molar-refractivity contribution in [1.82, 2.24) is 4.98 Å². The molecule has 0 saturated carbocycles. The van der Waals surface area contributed by atoms with E-state index in [0.717, 1.165) is 29.4 Å². The van der Waals surface area contributed by atoms with E-state index in [0.29, 0.717) is 16.8 Å². The zero-order chi connectivity index (χ0) is 18.8. The van der Waals surface area contributed by atoms with Gasteiger partial charge < -0.3 is 20.6 Å². The molecule has 136 valence electrons. The van der Waals surface area contributed by atoms with Crippen LogP contribution in [-0.2, 0) is 34.8 Å². The summed E-state index contributed by atoms with van der Waals surface area (Å²) in [5.41, 5.74) is 9.24. The average molecular weight is 366 g/mol. The Kier molecular flexibility index (Phi) is 5.95. The fourth-order valence-corrected chi connectivity index (χ4v) is 3.60. The molecular formula is C17H23N2O5P. The normalized spacial score (nSPS) is 13.2. The number of rotatable bonds is 7. The SMILES string of the molecule is CCc1cc2cc(CP(=O)(O)O)c(C[C@@H](N)C(=O)O)nc2cc1CC.